The van der Waals surface area contributed by atoms with Gasteiger partial charge in [-0.15, -0.1) is 24.0 Å². The van der Waals surface area contributed by atoms with Crippen LogP contribution in [0.2, 0.25) is 0 Å². The van der Waals surface area contributed by atoms with Crippen molar-refractivity contribution in [3.8, 4) is 0 Å². The molecule has 0 radical (unpaired) electrons. The minimum Gasteiger partial charge on any atom is -0.364 e. The average molecular weight is 449 g/mol. The largest absolute Gasteiger partial charge is 0.364 e. The van der Waals surface area contributed by atoms with Crippen LogP contribution in [0, 0.1) is 0 Å². The molecule has 0 spiro atoms. The van der Waals surface area contributed by atoms with Gasteiger partial charge < -0.3 is 14.7 Å². The van der Waals surface area contributed by atoms with E-state index in [4.69, 9.17) is 9.52 Å². The van der Waals surface area contributed by atoms with Gasteiger partial charge in [-0.05, 0) is 13.3 Å². The predicted molar refractivity (Wildman–Crippen MR) is 109 cm³/mol. The van der Waals surface area contributed by atoms with Gasteiger partial charge in [0.1, 0.15) is 6.26 Å². The van der Waals surface area contributed by atoms with Gasteiger partial charge >= 0.3 is 0 Å². The molecule has 1 fully saturated rings. The van der Waals surface area contributed by atoms with Gasteiger partial charge in [0.15, 0.2) is 5.96 Å². The van der Waals surface area contributed by atoms with E-state index in [2.05, 4.69) is 34.1 Å². The molecule has 1 aromatic heterocycles. The van der Waals surface area contributed by atoms with E-state index in [1.807, 2.05) is 6.07 Å². The van der Waals surface area contributed by atoms with Crippen LogP contribution in [0.5, 0.6) is 0 Å². The van der Waals surface area contributed by atoms with Gasteiger partial charge in [-0.25, -0.2) is 0 Å². The van der Waals surface area contributed by atoms with Crippen LogP contribution in [-0.2, 0) is 6.54 Å². The standard InChI is InChI=1S/C17H31N5O.HI/c1-3-5-6-7-9-19-17(18-4-2)22-12-10-21(11-13-22)15-16-8-14-23-20-16;/h8,14H,3-7,9-13,15H2,1-2H3,(H,18,19);1H. The van der Waals surface area contributed by atoms with E-state index < -0.39 is 0 Å². The average Bonchev–Trinajstić information content (AvgIpc) is 3.07. The van der Waals surface area contributed by atoms with Gasteiger partial charge in [0.05, 0.1) is 5.69 Å². The SMILES string of the molecule is CCCCCCN=C(NCC)N1CCN(Cc2ccon2)CC1.I. The van der Waals surface area contributed by atoms with E-state index in [-0.39, 0.29) is 24.0 Å². The Balaban J connectivity index is 0.00000288. The molecule has 1 aromatic rings. The third-order valence-electron chi connectivity index (χ3n) is 4.16. The second-order valence-electron chi connectivity index (χ2n) is 6.05. The Labute approximate surface area is 163 Å². The van der Waals surface area contributed by atoms with Crippen molar-refractivity contribution in [2.45, 2.75) is 46.1 Å². The third kappa shape index (κ3) is 7.38. The van der Waals surface area contributed by atoms with Gasteiger partial charge in [-0.1, -0.05) is 31.3 Å². The molecule has 1 aliphatic rings. The van der Waals surface area contributed by atoms with Gasteiger partial charge in [-0.3, -0.25) is 9.89 Å². The molecule has 0 aliphatic carbocycles. The normalized spacial score (nSPS) is 16.1. The first-order chi connectivity index (χ1) is 11.3. The first-order valence-electron chi connectivity index (χ1n) is 8.98. The number of rotatable bonds is 8. The second-order valence-corrected chi connectivity index (χ2v) is 6.05. The zero-order valence-electron chi connectivity index (χ0n) is 15.0. The monoisotopic (exact) mass is 449 g/mol. The zero-order valence-corrected chi connectivity index (χ0v) is 17.4. The molecule has 0 bridgehead atoms. The zero-order chi connectivity index (χ0) is 16.3. The summed E-state index contributed by atoms with van der Waals surface area (Å²) in [6.07, 6.45) is 6.70. The van der Waals surface area contributed by atoms with Crippen LogP contribution in [0.25, 0.3) is 0 Å². The number of aliphatic imine (C=N–C) groups is 1. The number of nitrogens with zero attached hydrogens (tertiary/aromatic N) is 4. The second kappa shape index (κ2) is 12.5. The smallest absolute Gasteiger partial charge is 0.194 e. The Hall–Kier alpha value is -0.830. The number of halogens is 1. The highest BCUT2D eigenvalue weighted by molar-refractivity contribution is 14.0. The fourth-order valence-electron chi connectivity index (χ4n) is 2.82. The van der Waals surface area contributed by atoms with E-state index >= 15 is 0 Å². The van der Waals surface area contributed by atoms with Crippen LogP contribution in [0.3, 0.4) is 0 Å². The lowest BCUT2D eigenvalue weighted by Crippen LogP contribution is -2.52. The van der Waals surface area contributed by atoms with Crippen LogP contribution in [-0.4, -0.2) is 60.2 Å². The van der Waals surface area contributed by atoms with Crippen molar-refractivity contribution < 1.29 is 4.52 Å². The van der Waals surface area contributed by atoms with Gasteiger partial charge in [0, 0.05) is 51.9 Å². The highest BCUT2D eigenvalue weighted by atomic mass is 127. The maximum atomic E-state index is 4.90. The number of hydrogen-bond donors (Lipinski definition) is 1. The maximum absolute atomic E-state index is 4.90. The fraction of sp³-hybridized carbons (Fsp3) is 0.765. The molecule has 0 aromatic carbocycles. The van der Waals surface area contributed by atoms with Crippen LogP contribution in [0.15, 0.2) is 21.8 Å². The van der Waals surface area contributed by atoms with Crippen molar-refractivity contribution >= 4 is 29.9 Å². The number of unbranched alkanes of at least 4 members (excludes halogenated alkanes) is 3. The summed E-state index contributed by atoms with van der Waals surface area (Å²) >= 11 is 0. The topological polar surface area (TPSA) is 56.9 Å². The third-order valence-corrected chi connectivity index (χ3v) is 4.16. The lowest BCUT2D eigenvalue weighted by atomic mass is 10.2. The minimum absolute atomic E-state index is 0. The summed E-state index contributed by atoms with van der Waals surface area (Å²) in [6, 6.07) is 1.94. The van der Waals surface area contributed by atoms with E-state index in [9.17, 15) is 0 Å². The quantitative estimate of drug-likeness (QED) is 0.286. The Kier molecular flexibility index (Phi) is 11.1. The summed E-state index contributed by atoms with van der Waals surface area (Å²) in [4.78, 5) is 9.59. The van der Waals surface area contributed by atoms with E-state index in [1.165, 1.54) is 25.7 Å². The number of aromatic nitrogens is 1. The van der Waals surface area contributed by atoms with Gasteiger partial charge in [-0.2, -0.15) is 0 Å². The molecular weight excluding hydrogens is 417 g/mol. The van der Waals surface area contributed by atoms with Crippen LogP contribution >= 0.6 is 24.0 Å². The van der Waals surface area contributed by atoms with Crippen molar-refractivity contribution in [2.24, 2.45) is 4.99 Å². The van der Waals surface area contributed by atoms with Crippen LogP contribution in [0.1, 0.15) is 45.2 Å². The summed E-state index contributed by atoms with van der Waals surface area (Å²) in [5.74, 6) is 1.07. The molecule has 2 rings (SSSR count). The molecule has 24 heavy (non-hydrogen) atoms. The molecule has 6 nitrogen and oxygen atoms in total. The van der Waals surface area contributed by atoms with Crippen molar-refractivity contribution in [1.82, 2.24) is 20.3 Å². The van der Waals surface area contributed by atoms with Gasteiger partial charge in [0.2, 0.25) is 0 Å². The number of piperazine rings is 1. The lowest BCUT2D eigenvalue weighted by Gasteiger charge is -2.36. The highest BCUT2D eigenvalue weighted by Crippen LogP contribution is 2.07. The molecule has 0 saturated carbocycles. The molecule has 138 valence electrons. The van der Waals surface area contributed by atoms with Crippen LogP contribution in [0.4, 0.5) is 0 Å². The Bertz CT molecular complexity index is 444. The molecule has 2 heterocycles. The Morgan fingerprint density at radius 1 is 1.21 bits per heavy atom. The predicted octanol–water partition coefficient (Wildman–Crippen LogP) is 2.96. The summed E-state index contributed by atoms with van der Waals surface area (Å²) in [5.41, 5.74) is 1.01. The Morgan fingerprint density at radius 2 is 2.00 bits per heavy atom. The summed E-state index contributed by atoms with van der Waals surface area (Å²) in [5, 5.41) is 7.43. The summed E-state index contributed by atoms with van der Waals surface area (Å²) < 4.78 is 4.90. The molecule has 0 unspecified atom stereocenters. The summed E-state index contributed by atoms with van der Waals surface area (Å²) in [6.45, 7) is 11.2. The van der Waals surface area contributed by atoms with E-state index in [0.29, 0.717) is 0 Å². The van der Waals surface area contributed by atoms with Crippen molar-refractivity contribution in [3.63, 3.8) is 0 Å². The first kappa shape index (κ1) is 21.2. The summed E-state index contributed by atoms with van der Waals surface area (Å²) in [7, 11) is 0. The van der Waals surface area contributed by atoms with Crippen LogP contribution < -0.4 is 5.32 Å². The Morgan fingerprint density at radius 3 is 2.62 bits per heavy atom. The molecule has 0 atom stereocenters. The minimum atomic E-state index is 0. The molecule has 1 N–H and O–H groups in total. The van der Waals surface area contributed by atoms with Crippen molar-refractivity contribution in [1.29, 1.82) is 0 Å². The highest BCUT2D eigenvalue weighted by Gasteiger charge is 2.20. The van der Waals surface area contributed by atoms with Crippen molar-refractivity contribution in [2.75, 3.05) is 39.3 Å². The van der Waals surface area contributed by atoms with E-state index in [1.54, 1.807) is 6.26 Å². The van der Waals surface area contributed by atoms with Gasteiger partial charge in [0.25, 0.3) is 0 Å². The number of hydrogen-bond acceptors (Lipinski definition) is 4. The first-order valence-corrected chi connectivity index (χ1v) is 8.98. The molecule has 1 saturated heterocycles. The lowest BCUT2D eigenvalue weighted by molar-refractivity contribution is 0.169. The number of guanidine groups is 1. The molecule has 0 amide bonds. The molecule has 1 aliphatic heterocycles. The number of nitrogens with one attached hydrogen (secondary N) is 1. The molecule has 7 heteroatoms. The van der Waals surface area contributed by atoms with Crippen molar-refractivity contribution in [3.05, 3.63) is 18.0 Å². The molecular formula is C17H32IN5O. The van der Waals surface area contributed by atoms with E-state index in [0.717, 1.165) is 57.5 Å². The maximum Gasteiger partial charge on any atom is 0.194 e. The fourth-order valence-corrected chi connectivity index (χ4v) is 2.82.